The Balaban J connectivity index is 1.88. The van der Waals surface area contributed by atoms with Crippen molar-refractivity contribution in [2.45, 2.75) is 13.8 Å². The fourth-order valence-electron chi connectivity index (χ4n) is 2.36. The first-order chi connectivity index (χ1) is 12.7. The minimum atomic E-state index is -3.57. The van der Waals surface area contributed by atoms with E-state index in [2.05, 4.69) is 27.9 Å². The first-order valence-electron chi connectivity index (χ1n) is 8.37. The molecule has 1 N–H and O–H groups in total. The Morgan fingerprint density at radius 1 is 1.11 bits per heavy atom. The number of aryl methyl sites for hydroxylation is 2. The SMILES string of the molecule is Cc1ccc(OCCNC(=O)CN(c2ccc(I)cc2)S(C)(=O)=O)cc1C. The Hall–Kier alpha value is -1.81. The van der Waals surface area contributed by atoms with Crippen molar-refractivity contribution in [1.29, 1.82) is 0 Å². The van der Waals surface area contributed by atoms with Gasteiger partial charge in [0.15, 0.2) is 0 Å². The Labute approximate surface area is 174 Å². The molecule has 0 heterocycles. The van der Waals surface area contributed by atoms with Crippen molar-refractivity contribution in [1.82, 2.24) is 5.32 Å². The molecule has 1 amide bonds. The molecule has 2 rings (SSSR count). The van der Waals surface area contributed by atoms with E-state index in [4.69, 9.17) is 4.74 Å². The van der Waals surface area contributed by atoms with Crippen LogP contribution in [0.15, 0.2) is 42.5 Å². The van der Waals surface area contributed by atoms with E-state index in [1.807, 2.05) is 32.0 Å². The van der Waals surface area contributed by atoms with E-state index < -0.39 is 10.0 Å². The van der Waals surface area contributed by atoms with Crippen molar-refractivity contribution in [3.05, 3.63) is 57.2 Å². The van der Waals surface area contributed by atoms with Crippen LogP contribution in [0, 0.1) is 17.4 Å². The van der Waals surface area contributed by atoms with Crippen molar-refractivity contribution in [2.24, 2.45) is 0 Å². The average Bonchev–Trinajstić information content (AvgIpc) is 2.59. The highest BCUT2D eigenvalue weighted by atomic mass is 127. The summed E-state index contributed by atoms with van der Waals surface area (Å²) in [5.41, 5.74) is 2.78. The molecule has 0 aliphatic carbocycles. The van der Waals surface area contributed by atoms with Crippen LogP contribution in [0.4, 0.5) is 5.69 Å². The molecule has 146 valence electrons. The summed E-state index contributed by atoms with van der Waals surface area (Å²) in [6.45, 7) is 4.35. The third-order valence-corrected chi connectivity index (χ3v) is 5.83. The number of hydrogen-bond acceptors (Lipinski definition) is 4. The van der Waals surface area contributed by atoms with E-state index in [0.717, 1.165) is 25.4 Å². The van der Waals surface area contributed by atoms with Crippen molar-refractivity contribution in [3.63, 3.8) is 0 Å². The second kappa shape index (κ2) is 9.41. The molecular formula is C19H23IN2O4S. The fourth-order valence-corrected chi connectivity index (χ4v) is 3.57. The number of ether oxygens (including phenoxy) is 1. The molecule has 0 unspecified atom stereocenters. The number of carbonyl (C=O) groups excluding carboxylic acids is 1. The number of amides is 1. The third-order valence-electron chi connectivity index (χ3n) is 3.97. The van der Waals surface area contributed by atoms with Gasteiger partial charge in [-0.05, 0) is 84.0 Å². The van der Waals surface area contributed by atoms with Gasteiger partial charge in [-0.2, -0.15) is 0 Å². The van der Waals surface area contributed by atoms with Gasteiger partial charge in [0, 0.05) is 3.57 Å². The Kier molecular flexibility index (Phi) is 7.49. The lowest BCUT2D eigenvalue weighted by Gasteiger charge is -2.22. The number of halogens is 1. The number of anilines is 1. The minimum absolute atomic E-state index is 0.275. The van der Waals surface area contributed by atoms with E-state index in [-0.39, 0.29) is 19.0 Å². The maximum absolute atomic E-state index is 12.2. The van der Waals surface area contributed by atoms with Crippen molar-refractivity contribution >= 4 is 44.2 Å². The molecule has 0 bridgehead atoms. The molecular weight excluding hydrogens is 479 g/mol. The van der Waals surface area contributed by atoms with Gasteiger partial charge in [0.25, 0.3) is 0 Å². The van der Waals surface area contributed by atoms with Crippen LogP contribution in [0.5, 0.6) is 5.75 Å². The summed E-state index contributed by atoms with van der Waals surface area (Å²) < 4.78 is 31.8. The summed E-state index contributed by atoms with van der Waals surface area (Å²) >= 11 is 2.14. The lowest BCUT2D eigenvalue weighted by atomic mass is 10.1. The molecule has 2 aromatic carbocycles. The largest absolute Gasteiger partial charge is 0.492 e. The number of carbonyl (C=O) groups is 1. The summed E-state index contributed by atoms with van der Waals surface area (Å²) in [6.07, 6.45) is 1.08. The van der Waals surface area contributed by atoms with Crippen LogP contribution in [0.1, 0.15) is 11.1 Å². The molecule has 0 saturated carbocycles. The second-order valence-corrected chi connectivity index (χ2v) is 9.34. The monoisotopic (exact) mass is 502 g/mol. The van der Waals surface area contributed by atoms with Crippen molar-refractivity contribution in [2.75, 3.05) is 30.3 Å². The number of hydrogen-bond donors (Lipinski definition) is 1. The first-order valence-corrected chi connectivity index (χ1v) is 11.3. The smallest absolute Gasteiger partial charge is 0.240 e. The van der Waals surface area contributed by atoms with Gasteiger partial charge in [-0.15, -0.1) is 0 Å². The number of nitrogens with one attached hydrogen (secondary N) is 1. The highest BCUT2D eigenvalue weighted by Gasteiger charge is 2.20. The molecule has 2 aromatic rings. The Bertz CT molecular complexity index is 898. The number of benzene rings is 2. The second-order valence-electron chi connectivity index (χ2n) is 6.19. The van der Waals surface area contributed by atoms with Gasteiger partial charge >= 0.3 is 0 Å². The quantitative estimate of drug-likeness (QED) is 0.445. The summed E-state index contributed by atoms with van der Waals surface area (Å²) in [4.78, 5) is 12.2. The summed E-state index contributed by atoms with van der Waals surface area (Å²) in [6, 6.07) is 12.8. The molecule has 0 radical (unpaired) electrons. The van der Waals surface area contributed by atoms with Gasteiger partial charge < -0.3 is 10.1 Å². The first kappa shape index (κ1) is 21.5. The zero-order valence-corrected chi connectivity index (χ0v) is 18.5. The molecule has 27 heavy (non-hydrogen) atoms. The zero-order valence-electron chi connectivity index (χ0n) is 15.5. The number of sulfonamides is 1. The molecule has 0 spiro atoms. The summed E-state index contributed by atoms with van der Waals surface area (Å²) in [7, 11) is -3.57. The highest BCUT2D eigenvalue weighted by Crippen LogP contribution is 2.19. The maximum Gasteiger partial charge on any atom is 0.240 e. The molecule has 0 aliphatic heterocycles. The summed E-state index contributed by atoms with van der Waals surface area (Å²) in [5.74, 6) is 0.353. The van der Waals surface area contributed by atoms with Gasteiger partial charge in [-0.25, -0.2) is 8.42 Å². The summed E-state index contributed by atoms with van der Waals surface area (Å²) in [5, 5.41) is 2.69. The lowest BCUT2D eigenvalue weighted by Crippen LogP contribution is -2.41. The van der Waals surface area contributed by atoms with E-state index in [1.165, 1.54) is 5.56 Å². The molecule has 0 aliphatic rings. The van der Waals surface area contributed by atoms with Gasteiger partial charge in [0.2, 0.25) is 15.9 Å². The maximum atomic E-state index is 12.2. The van der Waals surface area contributed by atoms with Crippen LogP contribution in [0.2, 0.25) is 0 Å². The zero-order chi connectivity index (χ0) is 20.0. The normalized spacial score (nSPS) is 11.1. The standard InChI is InChI=1S/C19H23IN2O4S/c1-14-4-9-18(12-15(14)2)26-11-10-21-19(23)13-22(27(3,24)25)17-7-5-16(20)6-8-17/h4-9,12H,10-11,13H2,1-3H3,(H,21,23). The molecule has 0 saturated heterocycles. The van der Waals surface area contributed by atoms with Crippen LogP contribution >= 0.6 is 22.6 Å². The molecule has 0 fully saturated rings. The van der Waals surface area contributed by atoms with Crippen LogP contribution in [0.25, 0.3) is 0 Å². The van der Waals surface area contributed by atoms with E-state index in [1.54, 1.807) is 24.3 Å². The van der Waals surface area contributed by atoms with Crippen molar-refractivity contribution < 1.29 is 17.9 Å². The number of rotatable bonds is 8. The van der Waals surface area contributed by atoms with Crippen LogP contribution < -0.4 is 14.4 Å². The van der Waals surface area contributed by atoms with E-state index in [0.29, 0.717) is 12.3 Å². The lowest BCUT2D eigenvalue weighted by molar-refractivity contribution is -0.119. The van der Waals surface area contributed by atoms with E-state index in [9.17, 15) is 13.2 Å². The van der Waals surface area contributed by atoms with Gasteiger partial charge in [0.1, 0.15) is 18.9 Å². The average molecular weight is 502 g/mol. The molecule has 6 nitrogen and oxygen atoms in total. The van der Waals surface area contributed by atoms with Crippen LogP contribution in [-0.2, 0) is 14.8 Å². The predicted octanol–water partition coefficient (Wildman–Crippen LogP) is 2.87. The third kappa shape index (κ3) is 6.69. The van der Waals surface area contributed by atoms with E-state index >= 15 is 0 Å². The van der Waals surface area contributed by atoms with Gasteiger partial charge in [-0.3, -0.25) is 9.10 Å². The molecule has 8 heteroatoms. The fraction of sp³-hybridized carbons (Fsp3) is 0.316. The molecule has 0 atom stereocenters. The van der Waals surface area contributed by atoms with Crippen LogP contribution in [-0.4, -0.2) is 40.3 Å². The predicted molar refractivity (Wildman–Crippen MR) is 116 cm³/mol. The van der Waals surface area contributed by atoms with Crippen LogP contribution in [0.3, 0.4) is 0 Å². The number of nitrogens with zero attached hydrogens (tertiary/aromatic N) is 1. The molecule has 0 aromatic heterocycles. The minimum Gasteiger partial charge on any atom is -0.492 e. The Morgan fingerprint density at radius 2 is 1.78 bits per heavy atom. The highest BCUT2D eigenvalue weighted by molar-refractivity contribution is 14.1. The Morgan fingerprint density at radius 3 is 2.37 bits per heavy atom. The van der Waals surface area contributed by atoms with Gasteiger partial charge in [0.05, 0.1) is 18.5 Å². The van der Waals surface area contributed by atoms with Gasteiger partial charge in [-0.1, -0.05) is 6.07 Å². The van der Waals surface area contributed by atoms with Crippen molar-refractivity contribution in [3.8, 4) is 5.75 Å². The topological polar surface area (TPSA) is 75.7 Å².